The van der Waals surface area contributed by atoms with Crippen molar-refractivity contribution in [1.82, 2.24) is 4.98 Å². The molecule has 0 atom stereocenters. The van der Waals surface area contributed by atoms with Gasteiger partial charge >= 0.3 is 0 Å². The van der Waals surface area contributed by atoms with Gasteiger partial charge in [0.1, 0.15) is 11.0 Å². The molecule has 0 radical (unpaired) electrons. The number of anilines is 1. The van der Waals surface area contributed by atoms with E-state index in [1.807, 2.05) is 13.0 Å². The van der Waals surface area contributed by atoms with Crippen molar-refractivity contribution >= 4 is 17.4 Å². The van der Waals surface area contributed by atoms with Crippen molar-refractivity contribution in [3.8, 4) is 6.07 Å². The molecule has 1 N–H and O–H groups in total. The molecule has 0 aliphatic rings. The summed E-state index contributed by atoms with van der Waals surface area (Å²) in [6.45, 7) is 2.72. The van der Waals surface area contributed by atoms with Crippen molar-refractivity contribution in [3.05, 3.63) is 22.8 Å². The molecule has 4 heteroatoms. The Morgan fingerprint density at radius 1 is 1.67 bits per heavy atom. The molecule has 3 nitrogen and oxygen atoms in total. The lowest BCUT2D eigenvalue weighted by Gasteiger charge is -2.01. The van der Waals surface area contributed by atoms with Gasteiger partial charge in [0.15, 0.2) is 0 Å². The molecule has 0 bridgehead atoms. The van der Waals surface area contributed by atoms with E-state index in [0.717, 1.165) is 6.54 Å². The maximum absolute atomic E-state index is 8.59. The zero-order valence-corrected chi connectivity index (χ0v) is 7.39. The van der Waals surface area contributed by atoms with E-state index < -0.39 is 0 Å². The lowest BCUT2D eigenvalue weighted by molar-refractivity contribution is 1.16. The van der Waals surface area contributed by atoms with Gasteiger partial charge in [-0.1, -0.05) is 11.6 Å². The van der Waals surface area contributed by atoms with Crippen LogP contribution in [0.3, 0.4) is 0 Å². The van der Waals surface area contributed by atoms with Gasteiger partial charge in [0, 0.05) is 6.54 Å². The standard InChI is InChI=1S/C8H8ClN3/c1-2-11-8-4-6(5-10)3-7(9)12-8/h3-4H,2H2,1H3,(H,11,12). The third-order valence-corrected chi connectivity index (χ3v) is 1.47. The first-order valence-electron chi connectivity index (χ1n) is 3.58. The third kappa shape index (κ3) is 2.11. The molecule has 0 fully saturated rings. The molecule has 0 aliphatic heterocycles. The highest BCUT2D eigenvalue weighted by Gasteiger charge is 1.98. The van der Waals surface area contributed by atoms with Gasteiger partial charge in [-0.2, -0.15) is 5.26 Å². The number of nitriles is 1. The predicted molar refractivity (Wildman–Crippen MR) is 48.1 cm³/mol. The minimum Gasteiger partial charge on any atom is -0.370 e. The van der Waals surface area contributed by atoms with Crippen LogP contribution < -0.4 is 5.32 Å². The Balaban J connectivity index is 3.00. The Bertz CT molecular complexity index is 317. The summed E-state index contributed by atoms with van der Waals surface area (Å²) in [5.41, 5.74) is 0.519. The molecule has 12 heavy (non-hydrogen) atoms. The molecule has 0 saturated carbocycles. The van der Waals surface area contributed by atoms with E-state index in [2.05, 4.69) is 10.3 Å². The van der Waals surface area contributed by atoms with Crippen LogP contribution in [-0.2, 0) is 0 Å². The monoisotopic (exact) mass is 181 g/mol. The average Bonchev–Trinajstić information content (AvgIpc) is 2.04. The molecule has 62 valence electrons. The van der Waals surface area contributed by atoms with E-state index in [-0.39, 0.29) is 0 Å². The third-order valence-electron chi connectivity index (χ3n) is 1.28. The van der Waals surface area contributed by atoms with Crippen molar-refractivity contribution in [1.29, 1.82) is 5.26 Å². The second-order valence-electron chi connectivity index (χ2n) is 2.21. The second kappa shape index (κ2) is 3.93. The molecule has 0 aromatic carbocycles. The molecule has 1 aromatic rings. The van der Waals surface area contributed by atoms with Crippen LogP contribution in [0.4, 0.5) is 5.82 Å². The van der Waals surface area contributed by atoms with Crippen molar-refractivity contribution in [2.24, 2.45) is 0 Å². The normalized spacial score (nSPS) is 9.08. The van der Waals surface area contributed by atoms with Crippen LogP contribution in [0.25, 0.3) is 0 Å². The van der Waals surface area contributed by atoms with Crippen LogP contribution >= 0.6 is 11.6 Å². The summed E-state index contributed by atoms with van der Waals surface area (Å²) in [5, 5.41) is 11.9. The number of hydrogen-bond acceptors (Lipinski definition) is 3. The van der Waals surface area contributed by atoms with Crippen molar-refractivity contribution in [3.63, 3.8) is 0 Å². The maximum atomic E-state index is 8.59. The van der Waals surface area contributed by atoms with Gasteiger partial charge in [-0.25, -0.2) is 4.98 Å². The zero-order chi connectivity index (χ0) is 8.97. The van der Waals surface area contributed by atoms with Gasteiger partial charge in [-0.3, -0.25) is 0 Å². The van der Waals surface area contributed by atoms with E-state index in [0.29, 0.717) is 16.5 Å². The molecule has 0 saturated heterocycles. The number of nitrogens with one attached hydrogen (secondary N) is 1. The van der Waals surface area contributed by atoms with Gasteiger partial charge in [-0.05, 0) is 19.1 Å². The largest absolute Gasteiger partial charge is 0.370 e. The number of nitrogens with zero attached hydrogens (tertiary/aromatic N) is 2. The topological polar surface area (TPSA) is 48.7 Å². The fourth-order valence-corrected chi connectivity index (χ4v) is 1.04. The predicted octanol–water partition coefficient (Wildman–Crippen LogP) is 2.04. The minimum absolute atomic E-state index is 0.338. The summed E-state index contributed by atoms with van der Waals surface area (Å²) in [5.74, 6) is 0.640. The van der Waals surface area contributed by atoms with Gasteiger partial charge < -0.3 is 5.32 Å². The Labute approximate surface area is 76.0 Å². The van der Waals surface area contributed by atoms with Crippen LogP contribution in [0.15, 0.2) is 12.1 Å². The summed E-state index contributed by atoms with van der Waals surface area (Å²) in [4.78, 5) is 3.97. The van der Waals surface area contributed by atoms with E-state index in [9.17, 15) is 0 Å². The molecular weight excluding hydrogens is 174 g/mol. The van der Waals surface area contributed by atoms with Crippen LogP contribution in [0, 0.1) is 11.3 Å². The molecule has 1 heterocycles. The Morgan fingerprint density at radius 3 is 3.00 bits per heavy atom. The molecule has 0 aliphatic carbocycles. The van der Waals surface area contributed by atoms with Crippen LogP contribution in [0.5, 0.6) is 0 Å². The quantitative estimate of drug-likeness (QED) is 0.711. The number of aromatic nitrogens is 1. The molecule has 0 amide bonds. The second-order valence-corrected chi connectivity index (χ2v) is 2.59. The SMILES string of the molecule is CCNc1cc(C#N)cc(Cl)n1. The molecule has 0 spiro atoms. The number of pyridine rings is 1. The highest BCUT2D eigenvalue weighted by Crippen LogP contribution is 2.13. The Morgan fingerprint density at radius 2 is 2.42 bits per heavy atom. The zero-order valence-electron chi connectivity index (χ0n) is 6.63. The van der Waals surface area contributed by atoms with Crippen molar-refractivity contribution < 1.29 is 0 Å². The summed E-state index contributed by atoms with van der Waals surface area (Å²) >= 11 is 5.66. The van der Waals surface area contributed by atoms with E-state index in [1.54, 1.807) is 6.07 Å². The Hall–Kier alpha value is -1.27. The summed E-state index contributed by atoms with van der Waals surface area (Å²) < 4.78 is 0. The summed E-state index contributed by atoms with van der Waals surface area (Å²) in [6.07, 6.45) is 0. The summed E-state index contributed by atoms with van der Waals surface area (Å²) in [7, 11) is 0. The fraction of sp³-hybridized carbons (Fsp3) is 0.250. The highest BCUT2D eigenvalue weighted by atomic mass is 35.5. The Kier molecular flexibility index (Phi) is 2.89. The van der Waals surface area contributed by atoms with Gasteiger partial charge in [0.25, 0.3) is 0 Å². The van der Waals surface area contributed by atoms with Gasteiger partial charge in [-0.15, -0.1) is 0 Å². The molecule has 0 unspecified atom stereocenters. The lowest BCUT2D eigenvalue weighted by atomic mass is 10.3. The number of hydrogen-bond donors (Lipinski definition) is 1. The average molecular weight is 182 g/mol. The van der Waals surface area contributed by atoms with E-state index >= 15 is 0 Å². The maximum Gasteiger partial charge on any atom is 0.132 e. The fourth-order valence-electron chi connectivity index (χ4n) is 0.833. The molecule has 1 aromatic heterocycles. The molecular formula is C8H8ClN3. The number of rotatable bonds is 2. The van der Waals surface area contributed by atoms with E-state index in [1.165, 1.54) is 6.07 Å². The minimum atomic E-state index is 0.338. The first kappa shape index (κ1) is 8.82. The van der Waals surface area contributed by atoms with Crippen molar-refractivity contribution in [2.45, 2.75) is 6.92 Å². The summed E-state index contributed by atoms with van der Waals surface area (Å²) in [6, 6.07) is 5.19. The van der Waals surface area contributed by atoms with Gasteiger partial charge in [0.2, 0.25) is 0 Å². The highest BCUT2D eigenvalue weighted by molar-refractivity contribution is 6.29. The van der Waals surface area contributed by atoms with Crippen LogP contribution in [0.2, 0.25) is 5.15 Å². The first-order valence-corrected chi connectivity index (χ1v) is 3.95. The van der Waals surface area contributed by atoms with Crippen LogP contribution in [0.1, 0.15) is 12.5 Å². The lowest BCUT2D eigenvalue weighted by Crippen LogP contribution is -1.99. The number of halogens is 1. The van der Waals surface area contributed by atoms with Crippen molar-refractivity contribution in [2.75, 3.05) is 11.9 Å². The smallest absolute Gasteiger partial charge is 0.132 e. The molecule has 1 rings (SSSR count). The van der Waals surface area contributed by atoms with Crippen LogP contribution in [-0.4, -0.2) is 11.5 Å². The van der Waals surface area contributed by atoms with E-state index in [4.69, 9.17) is 16.9 Å². The first-order chi connectivity index (χ1) is 5.76. The van der Waals surface area contributed by atoms with Gasteiger partial charge in [0.05, 0.1) is 11.6 Å².